The zero-order valence-corrected chi connectivity index (χ0v) is 13.2. The smallest absolute Gasteiger partial charge is 0.404 e. The van der Waals surface area contributed by atoms with Crippen LogP contribution in [0.2, 0.25) is 5.02 Å². The van der Waals surface area contributed by atoms with Crippen molar-refractivity contribution in [2.75, 3.05) is 32.8 Å². The molecule has 0 aliphatic carbocycles. The Morgan fingerprint density at radius 2 is 1.83 bits per heavy atom. The van der Waals surface area contributed by atoms with Gasteiger partial charge < -0.3 is 15.2 Å². The minimum atomic E-state index is -4.93. The van der Waals surface area contributed by atoms with Gasteiger partial charge in [-0.3, -0.25) is 4.90 Å². The summed E-state index contributed by atoms with van der Waals surface area (Å²) in [6.45, 7) is 0.194. The Kier molecular flexibility index (Phi) is 5.90. The van der Waals surface area contributed by atoms with E-state index in [0.717, 1.165) is 18.2 Å². The quantitative estimate of drug-likeness (QED) is 0.778. The van der Waals surface area contributed by atoms with Crippen molar-refractivity contribution in [1.29, 1.82) is 0 Å². The first-order chi connectivity index (χ1) is 11.1. The normalized spacial score (nSPS) is 18.5. The number of piperazine rings is 1. The van der Waals surface area contributed by atoms with Crippen molar-refractivity contribution in [3.05, 3.63) is 28.8 Å². The fraction of sp³-hybridized carbons (Fsp3) is 0.571. The Labute approximate surface area is 140 Å². The van der Waals surface area contributed by atoms with E-state index in [1.165, 1.54) is 4.90 Å². The highest BCUT2D eigenvalue weighted by Gasteiger charge is 2.44. The molecule has 136 valence electrons. The van der Waals surface area contributed by atoms with Gasteiger partial charge in [0, 0.05) is 26.2 Å². The van der Waals surface area contributed by atoms with Gasteiger partial charge in [-0.05, 0) is 17.7 Å². The fourth-order valence-corrected chi connectivity index (χ4v) is 2.87. The summed E-state index contributed by atoms with van der Waals surface area (Å²) in [5.41, 5.74) is 0.00970. The summed E-state index contributed by atoms with van der Waals surface area (Å²) in [5, 5.41) is 11.6. The molecule has 1 aromatic rings. The van der Waals surface area contributed by atoms with E-state index < -0.39 is 35.7 Å². The summed E-state index contributed by atoms with van der Waals surface area (Å²) in [6, 6.07) is 1.51. The van der Waals surface area contributed by atoms with Crippen LogP contribution in [0.5, 0.6) is 5.75 Å². The molecule has 1 fully saturated rings. The van der Waals surface area contributed by atoms with Gasteiger partial charge in [0.1, 0.15) is 18.4 Å². The van der Waals surface area contributed by atoms with E-state index in [4.69, 9.17) is 16.7 Å². The lowest BCUT2D eigenvalue weighted by atomic mass is 9.98. The Balaban J connectivity index is 2.34. The molecule has 0 saturated carbocycles. The molecule has 0 unspecified atom stereocenters. The minimum absolute atomic E-state index is 0.00970. The molecule has 4 nitrogen and oxygen atoms in total. The first kappa shape index (κ1) is 19.2. The van der Waals surface area contributed by atoms with E-state index in [0.29, 0.717) is 26.2 Å². The van der Waals surface area contributed by atoms with Gasteiger partial charge in [0.05, 0.1) is 5.02 Å². The number of ether oxygens (including phenoxy) is 1. The van der Waals surface area contributed by atoms with Gasteiger partial charge in [0.2, 0.25) is 0 Å². The first-order valence-corrected chi connectivity index (χ1v) is 7.50. The van der Waals surface area contributed by atoms with Crippen LogP contribution in [-0.2, 0) is 0 Å². The van der Waals surface area contributed by atoms with Crippen molar-refractivity contribution < 1.29 is 31.8 Å². The van der Waals surface area contributed by atoms with E-state index in [1.54, 1.807) is 0 Å². The molecule has 0 amide bonds. The van der Waals surface area contributed by atoms with Crippen LogP contribution in [0.1, 0.15) is 11.6 Å². The van der Waals surface area contributed by atoms with Crippen molar-refractivity contribution >= 4 is 11.6 Å². The van der Waals surface area contributed by atoms with E-state index in [1.807, 2.05) is 0 Å². The molecular weight excluding hydrogens is 359 g/mol. The summed E-state index contributed by atoms with van der Waals surface area (Å²) in [5.74, 6) is -4.15. The van der Waals surface area contributed by atoms with Crippen LogP contribution < -0.4 is 10.1 Å². The second-order valence-corrected chi connectivity index (χ2v) is 5.75. The number of hydrogen-bond donors (Lipinski definition) is 2. The van der Waals surface area contributed by atoms with Crippen LogP contribution in [0.15, 0.2) is 18.2 Å². The third kappa shape index (κ3) is 4.69. The minimum Gasteiger partial charge on any atom is -0.404 e. The van der Waals surface area contributed by atoms with E-state index in [9.17, 15) is 22.0 Å². The first-order valence-electron chi connectivity index (χ1n) is 7.13. The predicted molar refractivity (Wildman–Crippen MR) is 77.4 cm³/mol. The van der Waals surface area contributed by atoms with Crippen LogP contribution in [0, 0.1) is 0 Å². The largest absolute Gasteiger partial charge is 0.573 e. The van der Waals surface area contributed by atoms with Gasteiger partial charge in [-0.15, -0.1) is 13.2 Å². The number of aliphatic hydroxyl groups is 1. The van der Waals surface area contributed by atoms with Crippen molar-refractivity contribution in [2.45, 2.75) is 18.3 Å². The van der Waals surface area contributed by atoms with E-state index in [-0.39, 0.29) is 5.56 Å². The van der Waals surface area contributed by atoms with Crippen molar-refractivity contribution in [3.8, 4) is 5.75 Å². The molecule has 1 saturated heterocycles. The van der Waals surface area contributed by atoms with Gasteiger partial charge in [0.25, 0.3) is 5.92 Å². The molecule has 1 atom stereocenters. The molecule has 0 aromatic heterocycles. The van der Waals surface area contributed by atoms with Crippen LogP contribution in [0.3, 0.4) is 0 Å². The average Bonchev–Trinajstić information content (AvgIpc) is 2.50. The molecule has 2 rings (SSSR count). The molecule has 1 heterocycles. The number of benzene rings is 1. The summed E-state index contributed by atoms with van der Waals surface area (Å²) in [6.07, 6.45) is -4.93. The van der Waals surface area contributed by atoms with Crippen LogP contribution in [0.25, 0.3) is 0 Å². The zero-order chi connectivity index (χ0) is 18.0. The van der Waals surface area contributed by atoms with Crippen molar-refractivity contribution in [2.24, 2.45) is 0 Å². The summed E-state index contributed by atoms with van der Waals surface area (Å²) >= 11 is 5.75. The molecule has 2 N–H and O–H groups in total. The molecule has 0 spiro atoms. The Morgan fingerprint density at radius 1 is 1.21 bits per heavy atom. The fourth-order valence-electron chi connectivity index (χ4n) is 2.64. The lowest BCUT2D eigenvalue weighted by Gasteiger charge is -2.38. The molecule has 1 aromatic carbocycles. The average molecular weight is 375 g/mol. The Bertz CT molecular complexity index is 565. The number of aliphatic hydroxyl groups excluding tert-OH is 1. The second kappa shape index (κ2) is 7.38. The summed E-state index contributed by atoms with van der Waals surface area (Å²) < 4.78 is 69.0. The van der Waals surface area contributed by atoms with Gasteiger partial charge in [-0.1, -0.05) is 17.7 Å². The molecule has 24 heavy (non-hydrogen) atoms. The summed E-state index contributed by atoms with van der Waals surface area (Å²) in [4.78, 5) is 1.46. The maximum Gasteiger partial charge on any atom is 0.573 e. The third-order valence-electron chi connectivity index (χ3n) is 3.62. The second-order valence-electron chi connectivity index (χ2n) is 5.35. The number of nitrogens with zero attached hydrogens (tertiary/aromatic N) is 1. The maximum atomic E-state index is 14.2. The van der Waals surface area contributed by atoms with Crippen LogP contribution >= 0.6 is 11.6 Å². The van der Waals surface area contributed by atoms with Crippen LogP contribution in [-0.4, -0.2) is 55.1 Å². The van der Waals surface area contributed by atoms with Crippen molar-refractivity contribution in [1.82, 2.24) is 10.2 Å². The predicted octanol–water partition coefficient (Wildman–Crippen LogP) is 2.81. The third-order valence-corrected chi connectivity index (χ3v) is 3.92. The van der Waals surface area contributed by atoms with E-state index >= 15 is 0 Å². The monoisotopic (exact) mass is 374 g/mol. The molecule has 0 radical (unpaired) electrons. The number of nitrogens with one attached hydrogen (secondary N) is 1. The SMILES string of the molecule is OCC(F)(F)[C@@H](c1ccc(OC(F)(F)F)c(Cl)c1)N1CCNCC1. The molecule has 1 aliphatic rings. The lowest BCUT2D eigenvalue weighted by molar-refractivity contribution is -0.274. The van der Waals surface area contributed by atoms with Gasteiger partial charge in [-0.2, -0.15) is 0 Å². The van der Waals surface area contributed by atoms with Gasteiger partial charge in [-0.25, -0.2) is 8.78 Å². The number of alkyl halides is 5. The van der Waals surface area contributed by atoms with Gasteiger partial charge in [0.15, 0.2) is 0 Å². The highest BCUT2D eigenvalue weighted by atomic mass is 35.5. The van der Waals surface area contributed by atoms with Crippen molar-refractivity contribution in [3.63, 3.8) is 0 Å². The molecular formula is C14H16ClF5N2O2. The number of halogens is 6. The van der Waals surface area contributed by atoms with Gasteiger partial charge >= 0.3 is 6.36 Å². The lowest BCUT2D eigenvalue weighted by Crippen LogP contribution is -2.51. The standard InChI is InChI=1S/C14H16ClF5N2O2/c15-10-7-9(1-2-11(10)24-14(18,19)20)12(13(16,17)8-23)22-5-3-21-4-6-22/h1-2,7,12,21,23H,3-6,8H2/t12-/m1/s1. The molecule has 0 bridgehead atoms. The number of rotatable bonds is 5. The molecule has 1 aliphatic heterocycles. The maximum absolute atomic E-state index is 14.2. The van der Waals surface area contributed by atoms with E-state index in [2.05, 4.69) is 10.1 Å². The summed E-state index contributed by atoms with van der Waals surface area (Å²) in [7, 11) is 0. The highest BCUT2D eigenvalue weighted by molar-refractivity contribution is 6.32. The topological polar surface area (TPSA) is 44.7 Å². The zero-order valence-electron chi connectivity index (χ0n) is 12.4. The Morgan fingerprint density at radius 3 is 2.33 bits per heavy atom. The number of hydrogen-bond acceptors (Lipinski definition) is 4. The highest BCUT2D eigenvalue weighted by Crippen LogP contribution is 2.40. The molecule has 10 heteroatoms. The van der Waals surface area contributed by atoms with Crippen LogP contribution in [0.4, 0.5) is 22.0 Å². The Hall–Kier alpha value is -1.16.